The molecule has 6 heteroatoms. The van der Waals surface area contributed by atoms with Crippen LogP contribution in [0.1, 0.15) is 42.5 Å². The van der Waals surface area contributed by atoms with Crippen molar-refractivity contribution in [2.45, 2.75) is 32.7 Å². The molecule has 1 N–H and O–H groups in total. The van der Waals surface area contributed by atoms with Gasteiger partial charge in [0.05, 0.1) is 24.3 Å². The molecule has 28 heavy (non-hydrogen) atoms. The Balaban J connectivity index is 2.21. The van der Waals surface area contributed by atoms with Crippen molar-refractivity contribution in [1.82, 2.24) is 9.88 Å². The number of carbonyl (C=O) groups excluding carboxylic acids is 2. The molecule has 0 aliphatic carbocycles. The number of pyridine rings is 1. The largest absolute Gasteiger partial charge is 0.507 e. The highest BCUT2D eigenvalue weighted by Gasteiger charge is 2.46. The van der Waals surface area contributed by atoms with Crippen LogP contribution in [0.25, 0.3) is 5.76 Å². The van der Waals surface area contributed by atoms with E-state index < -0.39 is 17.7 Å². The second-order valence-electron chi connectivity index (χ2n) is 6.84. The van der Waals surface area contributed by atoms with Crippen molar-refractivity contribution in [1.29, 1.82) is 0 Å². The Labute approximate surface area is 164 Å². The molecule has 1 aliphatic heterocycles. The molecule has 1 atom stereocenters. The Morgan fingerprint density at radius 1 is 1.29 bits per heavy atom. The van der Waals surface area contributed by atoms with Crippen molar-refractivity contribution in [3.63, 3.8) is 0 Å². The van der Waals surface area contributed by atoms with E-state index in [2.05, 4.69) is 4.98 Å². The van der Waals surface area contributed by atoms with Crippen molar-refractivity contribution >= 4 is 17.4 Å². The van der Waals surface area contributed by atoms with Crippen molar-refractivity contribution in [2.24, 2.45) is 0 Å². The number of likely N-dealkylation sites (tertiary alicyclic amines) is 1. The van der Waals surface area contributed by atoms with Crippen LogP contribution >= 0.6 is 0 Å². The SMILES string of the molecule is CCCCN1C(=O)C(=O)/C(=C(/O)c2cc(C)ccc2OC)C1c1cccnc1. The third-order valence-electron chi connectivity index (χ3n) is 4.90. The van der Waals surface area contributed by atoms with Gasteiger partial charge in [-0.15, -0.1) is 0 Å². The molecule has 1 amide bonds. The normalized spacial score (nSPS) is 18.5. The minimum absolute atomic E-state index is 0.0676. The second kappa shape index (κ2) is 8.25. The smallest absolute Gasteiger partial charge is 0.295 e. The fourth-order valence-electron chi connectivity index (χ4n) is 3.48. The predicted molar refractivity (Wildman–Crippen MR) is 106 cm³/mol. The van der Waals surface area contributed by atoms with Crippen LogP contribution in [-0.4, -0.2) is 40.3 Å². The third kappa shape index (κ3) is 3.50. The van der Waals surface area contributed by atoms with Gasteiger partial charge in [-0.25, -0.2) is 0 Å². The number of amides is 1. The number of hydrogen-bond acceptors (Lipinski definition) is 5. The first-order chi connectivity index (χ1) is 13.5. The zero-order chi connectivity index (χ0) is 20.3. The number of methoxy groups -OCH3 is 1. The fraction of sp³-hybridized carbons (Fsp3) is 0.318. The highest BCUT2D eigenvalue weighted by Crippen LogP contribution is 2.40. The first-order valence-corrected chi connectivity index (χ1v) is 9.33. The van der Waals surface area contributed by atoms with E-state index in [1.165, 1.54) is 12.0 Å². The molecule has 2 aromatic rings. The van der Waals surface area contributed by atoms with Crippen LogP contribution in [-0.2, 0) is 9.59 Å². The summed E-state index contributed by atoms with van der Waals surface area (Å²) in [6.07, 6.45) is 4.90. The van der Waals surface area contributed by atoms with E-state index in [-0.39, 0.29) is 11.3 Å². The fourth-order valence-corrected chi connectivity index (χ4v) is 3.48. The van der Waals surface area contributed by atoms with E-state index in [1.54, 1.807) is 30.6 Å². The molecule has 1 fully saturated rings. The lowest BCUT2D eigenvalue weighted by atomic mass is 9.95. The first kappa shape index (κ1) is 19.6. The van der Waals surface area contributed by atoms with Crippen LogP contribution in [0.3, 0.4) is 0 Å². The number of aryl methyl sites for hydroxylation is 1. The molecule has 0 radical (unpaired) electrons. The summed E-state index contributed by atoms with van der Waals surface area (Å²) in [5.74, 6) is -1.08. The standard InChI is InChI=1S/C22H24N2O4/c1-4-5-11-24-19(15-7-6-10-23-13-15)18(21(26)22(24)27)20(25)16-12-14(2)8-9-17(16)28-3/h6-10,12-13,19,25H,4-5,11H2,1-3H3/b20-18+. The monoisotopic (exact) mass is 380 g/mol. The number of hydrogen-bond donors (Lipinski definition) is 1. The summed E-state index contributed by atoms with van der Waals surface area (Å²) in [5, 5.41) is 11.1. The van der Waals surface area contributed by atoms with Gasteiger partial charge in [0.15, 0.2) is 0 Å². The molecule has 1 aromatic carbocycles. The molecule has 1 unspecified atom stereocenters. The van der Waals surface area contributed by atoms with Crippen LogP contribution < -0.4 is 4.74 Å². The molecule has 0 spiro atoms. The van der Waals surface area contributed by atoms with Gasteiger partial charge in [0, 0.05) is 18.9 Å². The molecule has 3 rings (SSSR count). The van der Waals surface area contributed by atoms with E-state index in [1.807, 2.05) is 26.0 Å². The molecule has 6 nitrogen and oxygen atoms in total. The number of aliphatic hydroxyl groups is 1. The summed E-state index contributed by atoms with van der Waals surface area (Å²) in [5.41, 5.74) is 2.05. The molecular formula is C22H24N2O4. The van der Waals surface area contributed by atoms with Crippen molar-refractivity contribution in [2.75, 3.05) is 13.7 Å². The van der Waals surface area contributed by atoms with Gasteiger partial charge in [0.1, 0.15) is 11.5 Å². The third-order valence-corrected chi connectivity index (χ3v) is 4.90. The zero-order valence-corrected chi connectivity index (χ0v) is 16.3. The molecule has 0 bridgehead atoms. The number of benzene rings is 1. The summed E-state index contributed by atoms with van der Waals surface area (Å²) in [6, 6.07) is 8.22. The van der Waals surface area contributed by atoms with Crippen LogP contribution in [0.4, 0.5) is 0 Å². The number of Topliss-reactive ketones (excluding diaryl/α,β-unsaturated/α-hetero) is 1. The van der Waals surface area contributed by atoms with Gasteiger partial charge in [0.25, 0.3) is 11.7 Å². The lowest BCUT2D eigenvalue weighted by Crippen LogP contribution is -2.30. The number of aromatic nitrogens is 1. The van der Waals surface area contributed by atoms with E-state index in [9.17, 15) is 14.7 Å². The van der Waals surface area contributed by atoms with Crippen LogP contribution in [0.5, 0.6) is 5.75 Å². The number of ether oxygens (including phenoxy) is 1. The summed E-state index contributed by atoms with van der Waals surface area (Å²) >= 11 is 0. The summed E-state index contributed by atoms with van der Waals surface area (Å²) < 4.78 is 5.36. The highest BCUT2D eigenvalue weighted by molar-refractivity contribution is 6.46. The summed E-state index contributed by atoms with van der Waals surface area (Å²) in [6.45, 7) is 4.34. The summed E-state index contributed by atoms with van der Waals surface area (Å²) in [4.78, 5) is 31.3. The Bertz CT molecular complexity index is 921. The van der Waals surface area contributed by atoms with Gasteiger partial charge < -0.3 is 14.7 Å². The van der Waals surface area contributed by atoms with Gasteiger partial charge in [0.2, 0.25) is 0 Å². The minimum atomic E-state index is -0.689. The average molecular weight is 380 g/mol. The van der Waals surface area contributed by atoms with Crippen LogP contribution in [0.2, 0.25) is 0 Å². The topological polar surface area (TPSA) is 79.7 Å². The number of rotatable bonds is 6. The van der Waals surface area contributed by atoms with Gasteiger partial charge >= 0.3 is 0 Å². The summed E-state index contributed by atoms with van der Waals surface area (Å²) in [7, 11) is 1.50. The van der Waals surface area contributed by atoms with Gasteiger partial charge in [-0.2, -0.15) is 0 Å². The van der Waals surface area contributed by atoms with Crippen LogP contribution in [0, 0.1) is 6.92 Å². The Hall–Kier alpha value is -3.15. The number of nitrogens with zero attached hydrogens (tertiary/aromatic N) is 2. The van der Waals surface area contributed by atoms with E-state index in [0.29, 0.717) is 23.4 Å². The average Bonchev–Trinajstić information content (AvgIpc) is 2.97. The molecule has 1 aliphatic rings. The maximum Gasteiger partial charge on any atom is 0.295 e. The zero-order valence-electron chi connectivity index (χ0n) is 16.3. The number of aliphatic hydroxyl groups excluding tert-OH is 1. The first-order valence-electron chi connectivity index (χ1n) is 9.33. The maximum atomic E-state index is 12.9. The van der Waals surface area contributed by atoms with Gasteiger partial charge in [-0.3, -0.25) is 14.6 Å². The Morgan fingerprint density at radius 2 is 2.07 bits per heavy atom. The lowest BCUT2D eigenvalue weighted by Gasteiger charge is -2.25. The van der Waals surface area contributed by atoms with Gasteiger partial charge in [-0.1, -0.05) is 31.0 Å². The molecule has 146 valence electrons. The minimum Gasteiger partial charge on any atom is -0.507 e. The van der Waals surface area contributed by atoms with Crippen molar-refractivity contribution in [3.8, 4) is 5.75 Å². The predicted octanol–water partition coefficient (Wildman–Crippen LogP) is 3.62. The van der Waals surface area contributed by atoms with Crippen LogP contribution in [0.15, 0.2) is 48.3 Å². The van der Waals surface area contributed by atoms with E-state index in [0.717, 1.165) is 18.4 Å². The number of ketones is 1. The quantitative estimate of drug-likeness (QED) is 0.470. The molecular weight excluding hydrogens is 356 g/mol. The number of unbranched alkanes of at least 4 members (excludes halogenated alkanes) is 1. The van der Waals surface area contributed by atoms with Gasteiger partial charge in [-0.05, 0) is 37.1 Å². The Morgan fingerprint density at radius 3 is 2.71 bits per heavy atom. The van der Waals surface area contributed by atoms with Crippen molar-refractivity contribution in [3.05, 3.63) is 65.0 Å². The lowest BCUT2D eigenvalue weighted by molar-refractivity contribution is -0.139. The maximum absolute atomic E-state index is 12.9. The van der Waals surface area contributed by atoms with E-state index >= 15 is 0 Å². The Kier molecular flexibility index (Phi) is 5.78. The van der Waals surface area contributed by atoms with Crippen molar-refractivity contribution < 1.29 is 19.4 Å². The molecule has 2 heterocycles. The molecule has 0 saturated carbocycles. The highest BCUT2D eigenvalue weighted by atomic mass is 16.5. The second-order valence-corrected chi connectivity index (χ2v) is 6.84. The van der Waals surface area contributed by atoms with E-state index in [4.69, 9.17) is 4.74 Å². The molecule has 1 saturated heterocycles. The molecule has 1 aromatic heterocycles. The number of carbonyl (C=O) groups is 2.